The Hall–Kier alpha value is -0.380. The van der Waals surface area contributed by atoms with Crippen molar-refractivity contribution in [1.82, 2.24) is 0 Å². The van der Waals surface area contributed by atoms with Crippen LogP contribution in [0.5, 0.6) is 0 Å². The molecule has 0 unspecified atom stereocenters. The summed E-state index contributed by atoms with van der Waals surface area (Å²) in [6.07, 6.45) is 11.4. The molecule has 5 aliphatic carbocycles. The maximum Gasteiger partial charge on any atom is 0.0852 e. The van der Waals surface area contributed by atoms with Crippen LogP contribution in [0.4, 0.5) is 0 Å². The van der Waals surface area contributed by atoms with Gasteiger partial charge in [0, 0.05) is 12.0 Å². The number of hydrogen-bond donors (Lipinski definition) is 3. The first kappa shape index (κ1) is 24.3. The number of fused-ring (bicyclic) bond motifs is 7. The normalized spacial score (nSPS) is 54.8. The maximum atomic E-state index is 11.0. The molecule has 0 aromatic rings. The summed E-state index contributed by atoms with van der Waals surface area (Å²) in [7, 11) is 0. The van der Waals surface area contributed by atoms with Crippen LogP contribution in [-0.2, 0) is 0 Å². The molecule has 0 aromatic heterocycles. The van der Waals surface area contributed by atoms with E-state index in [9.17, 15) is 15.3 Å². The van der Waals surface area contributed by atoms with Crippen LogP contribution in [0.1, 0.15) is 106 Å². The molecule has 0 bridgehead atoms. The minimum atomic E-state index is -0.630. The highest BCUT2D eigenvalue weighted by Crippen LogP contribution is 2.75. The summed E-state index contributed by atoms with van der Waals surface area (Å²) in [5.74, 6) is 1.47. The highest BCUT2D eigenvalue weighted by atomic mass is 16.3. The molecule has 0 spiro atoms. The lowest BCUT2D eigenvalue weighted by Gasteiger charge is -2.71. The molecule has 5 rings (SSSR count). The van der Waals surface area contributed by atoms with E-state index < -0.39 is 12.2 Å². The topological polar surface area (TPSA) is 60.7 Å². The van der Waals surface area contributed by atoms with Gasteiger partial charge in [-0.15, -0.1) is 0 Å². The van der Waals surface area contributed by atoms with Crippen molar-refractivity contribution in [3.05, 3.63) is 11.6 Å². The molecule has 0 saturated heterocycles. The van der Waals surface area contributed by atoms with Crippen LogP contribution in [0.3, 0.4) is 0 Å². The number of hydrogen-bond acceptors (Lipinski definition) is 3. The fraction of sp³-hybridized carbons (Fsp3) is 0.933. The second kappa shape index (κ2) is 7.10. The lowest BCUT2D eigenvalue weighted by molar-refractivity contribution is -0.232. The van der Waals surface area contributed by atoms with E-state index in [0.717, 1.165) is 32.1 Å². The minimum Gasteiger partial charge on any atom is -0.396 e. The molecular formula is C30H50O3. The molecule has 0 radical (unpaired) electrons. The Kier molecular flexibility index (Phi) is 5.23. The lowest BCUT2D eigenvalue weighted by atomic mass is 9.33. The largest absolute Gasteiger partial charge is 0.396 e. The molecule has 4 fully saturated rings. The highest BCUT2D eigenvalue weighted by Gasteiger charge is 2.69. The van der Waals surface area contributed by atoms with Crippen molar-refractivity contribution in [3.8, 4) is 0 Å². The fourth-order valence-corrected chi connectivity index (χ4v) is 10.8. The number of aliphatic hydroxyl groups is 3. The van der Waals surface area contributed by atoms with Crippen molar-refractivity contribution in [1.29, 1.82) is 0 Å². The van der Waals surface area contributed by atoms with Gasteiger partial charge in [-0.1, -0.05) is 60.1 Å². The van der Waals surface area contributed by atoms with Crippen LogP contribution in [0, 0.1) is 50.2 Å². The standard InChI is InChI=1S/C30H50O3/c1-25(2)12-14-30(18-31)15-13-28(6)19(20(30)16-25)8-9-23-27(5)17-21(32)24(33)26(3,4)22(27)10-11-29(23,28)7/h8,20-24,31-33H,9-18H2,1-7H3/t20-,21-,22-,23+,24-,27-,28+,29+,30+/m0/s1. The molecule has 0 aromatic carbocycles. The number of allylic oxidation sites excluding steroid dienone is 2. The average Bonchev–Trinajstić information content (AvgIpc) is 2.72. The molecule has 0 amide bonds. The Bertz CT molecular complexity index is 843. The summed E-state index contributed by atoms with van der Waals surface area (Å²) in [6.45, 7) is 17.2. The predicted octanol–water partition coefficient (Wildman–Crippen LogP) is 6.11. The summed E-state index contributed by atoms with van der Waals surface area (Å²) >= 11 is 0. The van der Waals surface area contributed by atoms with Crippen molar-refractivity contribution in [3.63, 3.8) is 0 Å². The van der Waals surface area contributed by atoms with Crippen molar-refractivity contribution in [2.24, 2.45) is 50.2 Å². The summed E-state index contributed by atoms with van der Waals surface area (Å²) in [5.41, 5.74) is 2.24. The smallest absolute Gasteiger partial charge is 0.0852 e. The number of rotatable bonds is 1. The molecule has 5 aliphatic rings. The van der Waals surface area contributed by atoms with Crippen molar-refractivity contribution in [2.75, 3.05) is 6.61 Å². The minimum absolute atomic E-state index is 0.0392. The third kappa shape index (κ3) is 2.97. The Balaban J connectivity index is 1.59. The van der Waals surface area contributed by atoms with E-state index in [1.165, 1.54) is 25.7 Å². The van der Waals surface area contributed by atoms with Crippen LogP contribution >= 0.6 is 0 Å². The molecule has 3 heteroatoms. The van der Waals surface area contributed by atoms with Crippen LogP contribution in [-0.4, -0.2) is 34.1 Å². The Labute approximate surface area is 202 Å². The molecule has 3 N–H and O–H groups in total. The van der Waals surface area contributed by atoms with Gasteiger partial charge in [0.1, 0.15) is 0 Å². The van der Waals surface area contributed by atoms with Crippen molar-refractivity contribution in [2.45, 2.75) is 118 Å². The van der Waals surface area contributed by atoms with Crippen LogP contribution in [0.2, 0.25) is 0 Å². The summed E-state index contributed by atoms with van der Waals surface area (Å²) in [5, 5.41) is 32.5. The quantitative estimate of drug-likeness (QED) is 0.415. The summed E-state index contributed by atoms with van der Waals surface area (Å²) in [4.78, 5) is 0. The molecular weight excluding hydrogens is 408 g/mol. The van der Waals surface area contributed by atoms with Gasteiger partial charge in [0.25, 0.3) is 0 Å². The Morgan fingerprint density at radius 1 is 0.848 bits per heavy atom. The van der Waals surface area contributed by atoms with E-state index in [-0.39, 0.29) is 27.1 Å². The molecule has 4 saturated carbocycles. The molecule has 0 heterocycles. The lowest BCUT2D eigenvalue weighted by Crippen LogP contribution is -2.66. The Morgan fingerprint density at radius 2 is 1.52 bits per heavy atom. The Morgan fingerprint density at radius 3 is 2.18 bits per heavy atom. The molecule has 33 heavy (non-hydrogen) atoms. The number of aliphatic hydroxyl groups excluding tert-OH is 3. The zero-order valence-electron chi connectivity index (χ0n) is 22.4. The van der Waals surface area contributed by atoms with Gasteiger partial charge >= 0.3 is 0 Å². The second-order valence-corrected chi connectivity index (χ2v) is 15.3. The first-order valence-corrected chi connectivity index (χ1v) is 13.8. The third-order valence-electron chi connectivity index (χ3n) is 13.1. The van der Waals surface area contributed by atoms with Gasteiger partial charge < -0.3 is 15.3 Å². The molecule has 0 aliphatic heterocycles. The SMILES string of the molecule is CC1(C)CC[C@]2(CO)CC[C@]3(C)C(=CC[C@@H]4[C@@]5(C)C[C@H](O)[C@H](O)C(C)(C)[C@@H]5CC[C@]43C)[C@@H]2C1. The first-order valence-electron chi connectivity index (χ1n) is 13.8. The van der Waals surface area contributed by atoms with Gasteiger partial charge in [-0.05, 0) is 103 Å². The van der Waals surface area contributed by atoms with E-state index in [4.69, 9.17) is 0 Å². The van der Waals surface area contributed by atoms with Crippen molar-refractivity contribution >= 4 is 0 Å². The second-order valence-electron chi connectivity index (χ2n) is 15.3. The molecule has 9 atom stereocenters. The maximum absolute atomic E-state index is 11.0. The van der Waals surface area contributed by atoms with Crippen LogP contribution in [0.15, 0.2) is 11.6 Å². The summed E-state index contributed by atoms with van der Waals surface area (Å²) < 4.78 is 0. The van der Waals surface area contributed by atoms with Gasteiger partial charge in [-0.3, -0.25) is 0 Å². The third-order valence-corrected chi connectivity index (χ3v) is 13.1. The van der Waals surface area contributed by atoms with E-state index >= 15 is 0 Å². The zero-order chi connectivity index (χ0) is 24.2. The van der Waals surface area contributed by atoms with E-state index in [2.05, 4.69) is 54.5 Å². The van der Waals surface area contributed by atoms with E-state index in [0.29, 0.717) is 29.8 Å². The van der Waals surface area contributed by atoms with Gasteiger partial charge in [-0.2, -0.15) is 0 Å². The predicted molar refractivity (Wildman–Crippen MR) is 134 cm³/mol. The highest BCUT2D eigenvalue weighted by molar-refractivity contribution is 5.34. The fourth-order valence-electron chi connectivity index (χ4n) is 10.8. The van der Waals surface area contributed by atoms with Crippen LogP contribution < -0.4 is 0 Å². The van der Waals surface area contributed by atoms with Gasteiger partial charge in [-0.25, -0.2) is 0 Å². The van der Waals surface area contributed by atoms with Gasteiger partial charge in [0.15, 0.2) is 0 Å². The van der Waals surface area contributed by atoms with Crippen molar-refractivity contribution < 1.29 is 15.3 Å². The van der Waals surface area contributed by atoms with E-state index in [1.807, 2.05) is 0 Å². The molecule has 188 valence electrons. The molecule has 3 nitrogen and oxygen atoms in total. The monoisotopic (exact) mass is 458 g/mol. The van der Waals surface area contributed by atoms with E-state index in [1.54, 1.807) is 5.57 Å². The zero-order valence-corrected chi connectivity index (χ0v) is 22.4. The van der Waals surface area contributed by atoms with Gasteiger partial charge in [0.2, 0.25) is 0 Å². The van der Waals surface area contributed by atoms with Crippen LogP contribution in [0.25, 0.3) is 0 Å². The average molecular weight is 459 g/mol. The first-order chi connectivity index (χ1) is 15.2. The van der Waals surface area contributed by atoms with Gasteiger partial charge in [0.05, 0.1) is 12.2 Å². The summed E-state index contributed by atoms with van der Waals surface area (Å²) in [6, 6.07) is 0.